The number of anilines is 1. The molecule has 1 aliphatic heterocycles. The average molecular weight is 353 g/mol. The van der Waals surface area contributed by atoms with Crippen molar-refractivity contribution in [3.63, 3.8) is 0 Å². The van der Waals surface area contributed by atoms with E-state index in [4.69, 9.17) is 9.72 Å². The van der Waals surface area contributed by atoms with Gasteiger partial charge in [-0.1, -0.05) is 19.3 Å². The van der Waals surface area contributed by atoms with Gasteiger partial charge in [0.05, 0.1) is 17.3 Å². The summed E-state index contributed by atoms with van der Waals surface area (Å²) in [7, 11) is 1.70. The second-order valence-electron chi connectivity index (χ2n) is 6.65. The molecule has 3 aromatic rings. The molecule has 0 saturated carbocycles. The standard InChI is InChI=1S/C21H24N2OS/c1-24-18-11-12-19-20(15-18)25-21(22-19)16-7-9-17(10-8-16)23-13-5-3-2-4-6-14-23/h7-12,15H,2-6,13-14H2,1H3. The number of thiazole rings is 1. The first-order chi connectivity index (χ1) is 12.3. The van der Waals surface area contributed by atoms with Gasteiger partial charge in [-0.15, -0.1) is 11.3 Å². The number of benzene rings is 2. The lowest BCUT2D eigenvalue weighted by atomic mass is 10.1. The number of aromatic nitrogens is 1. The van der Waals surface area contributed by atoms with Gasteiger partial charge in [0.2, 0.25) is 0 Å². The molecule has 2 heterocycles. The molecule has 0 spiro atoms. The lowest BCUT2D eigenvalue weighted by Crippen LogP contribution is -2.26. The molecule has 0 bridgehead atoms. The molecule has 0 amide bonds. The second kappa shape index (κ2) is 7.44. The van der Waals surface area contributed by atoms with Crippen LogP contribution in [0.3, 0.4) is 0 Å². The highest BCUT2D eigenvalue weighted by atomic mass is 32.1. The maximum absolute atomic E-state index is 5.31. The summed E-state index contributed by atoms with van der Waals surface area (Å²) in [4.78, 5) is 7.31. The lowest BCUT2D eigenvalue weighted by molar-refractivity contribution is 0.415. The van der Waals surface area contributed by atoms with Gasteiger partial charge in [0, 0.05) is 24.3 Å². The Kier molecular flexibility index (Phi) is 4.88. The molecule has 130 valence electrons. The van der Waals surface area contributed by atoms with Crippen molar-refractivity contribution < 1.29 is 4.74 Å². The maximum atomic E-state index is 5.31. The zero-order valence-electron chi connectivity index (χ0n) is 14.7. The summed E-state index contributed by atoms with van der Waals surface area (Å²) in [6, 6.07) is 15.0. The van der Waals surface area contributed by atoms with E-state index in [0.717, 1.165) is 16.3 Å². The smallest absolute Gasteiger partial charge is 0.124 e. The number of nitrogens with zero attached hydrogens (tertiary/aromatic N) is 2. The van der Waals surface area contributed by atoms with Gasteiger partial charge in [0.25, 0.3) is 0 Å². The zero-order chi connectivity index (χ0) is 17.1. The maximum Gasteiger partial charge on any atom is 0.124 e. The van der Waals surface area contributed by atoms with Crippen LogP contribution >= 0.6 is 11.3 Å². The van der Waals surface area contributed by atoms with E-state index < -0.39 is 0 Å². The fourth-order valence-corrected chi connectivity index (χ4v) is 4.48. The van der Waals surface area contributed by atoms with Crippen LogP contribution in [0.5, 0.6) is 5.75 Å². The van der Waals surface area contributed by atoms with Crippen molar-refractivity contribution in [3.05, 3.63) is 42.5 Å². The van der Waals surface area contributed by atoms with Crippen molar-refractivity contribution in [2.75, 3.05) is 25.1 Å². The molecule has 0 radical (unpaired) electrons. The third-order valence-electron chi connectivity index (χ3n) is 4.93. The van der Waals surface area contributed by atoms with E-state index in [-0.39, 0.29) is 0 Å². The van der Waals surface area contributed by atoms with E-state index in [1.54, 1.807) is 18.4 Å². The molecule has 0 atom stereocenters. The molecule has 4 heteroatoms. The van der Waals surface area contributed by atoms with E-state index in [1.165, 1.54) is 61.1 Å². The summed E-state index contributed by atoms with van der Waals surface area (Å²) >= 11 is 1.72. The molecule has 4 rings (SSSR count). The average Bonchev–Trinajstić information content (AvgIpc) is 3.05. The summed E-state index contributed by atoms with van der Waals surface area (Å²) in [5, 5.41) is 1.07. The normalized spacial score (nSPS) is 15.8. The number of hydrogen-bond acceptors (Lipinski definition) is 4. The zero-order valence-corrected chi connectivity index (χ0v) is 15.5. The first kappa shape index (κ1) is 16.4. The van der Waals surface area contributed by atoms with Gasteiger partial charge in [0.1, 0.15) is 10.8 Å². The topological polar surface area (TPSA) is 25.4 Å². The third-order valence-corrected chi connectivity index (χ3v) is 6.00. The quantitative estimate of drug-likeness (QED) is 0.601. The van der Waals surface area contributed by atoms with E-state index in [0.29, 0.717) is 0 Å². The van der Waals surface area contributed by atoms with Crippen molar-refractivity contribution in [2.45, 2.75) is 32.1 Å². The van der Waals surface area contributed by atoms with E-state index in [2.05, 4.69) is 35.2 Å². The predicted molar refractivity (Wildman–Crippen MR) is 107 cm³/mol. The van der Waals surface area contributed by atoms with Crippen molar-refractivity contribution in [1.82, 2.24) is 4.98 Å². The fraction of sp³-hybridized carbons (Fsp3) is 0.381. The Balaban J connectivity index is 1.57. The van der Waals surface area contributed by atoms with Gasteiger partial charge < -0.3 is 9.64 Å². The Labute approximate surface area is 153 Å². The van der Waals surface area contributed by atoms with Crippen molar-refractivity contribution in [1.29, 1.82) is 0 Å². The first-order valence-electron chi connectivity index (χ1n) is 9.13. The van der Waals surface area contributed by atoms with Gasteiger partial charge in [-0.25, -0.2) is 4.98 Å². The van der Waals surface area contributed by atoms with E-state index in [1.807, 2.05) is 12.1 Å². The summed E-state index contributed by atoms with van der Waals surface area (Å²) in [6.45, 7) is 2.36. The molecule has 3 nitrogen and oxygen atoms in total. The van der Waals surface area contributed by atoms with Crippen LogP contribution in [0.15, 0.2) is 42.5 Å². The monoisotopic (exact) mass is 352 g/mol. The van der Waals surface area contributed by atoms with Gasteiger partial charge in [-0.05, 0) is 55.3 Å². The lowest BCUT2D eigenvalue weighted by Gasteiger charge is -2.27. The van der Waals surface area contributed by atoms with Crippen LogP contribution in [0, 0.1) is 0 Å². The second-order valence-corrected chi connectivity index (χ2v) is 7.69. The van der Waals surface area contributed by atoms with Crippen molar-refractivity contribution in [3.8, 4) is 16.3 Å². The summed E-state index contributed by atoms with van der Waals surface area (Å²) in [5.41, 5.74) is 3.57. The van der Waals surface area contributed by atoms with E-state index >= 15 is 0 Å². The minimum Gasteiger partial charge on any atom is -0.497 e. The number of ether oxygens (including phenoxy) is 1. The molecule has 25 heavy (non-hydrogen) atoms. The van der Waals surface area contributed by atoms with Crippen LogP contribution < -0.4 is 9.64 Å². The number of rotatable bonds is 3. The largest absolute Gasteiger partial charge is 0.497 e. The molecule has 1 aromatic heterocycles. The van der Waals surface area contributed by atoms with Crippen LogP contribution in [0.4, 0.5) is 5.69 Å². The van der Waals surface area contributed by atoms with Crippen LogP contribution in [0.1, 0.15) is 32.1 Å². The van der Waals surface area contributed by atoms with Gasteiger partial charge >= 0.3 is 0 Å². The Morgan fingerprint density at radius 2 is 1.64 bits per heavy atom. The summed E-state index contributed by atoms with van der Waals surface area (Å²) in [6.07, 6.45) is 6.74. The minimum atomic E-state index is 0.884. The van der Waals surface area contributed by atoms with Crippen molar-refractivity contribution >= 4 is 27.2 Å². The fourth-order valence-electron chi connectivity index (χ4n) is 3.48. The minimum absolute atomic E-state index is 0.884. The highest BCUT2D eigenvalue weighted by Gasteiger charge is 2.11. The Bertz CT molecular complexity index is 833. The van der Waals surface area contributed by atoms with E-state index in [9.17, 15) is 0 Å². The Morgan fingerprint density at radius 1 is 0.920 bits per heavy atom. The predicted octanol–water partition coefficient (Wildman–Crippen LogP) is 5.74. The molecule has 0 N–H and O–H groups in total. The van der Waals surface area contributed by atoms with Crippen LogP contribution in [-0.2, 0) is 0 Å². The van der Waals surface area contributed by atoms with Gasteiger partial charge in [-0.3, -0.25) is 0 Å². The van der Waals surface area contributed by atoms with Crippen LogP contribution in [0.2, 0.25) is 0 Å². The van der Waals surface area contributed by atoms with Crippen molar-refractivity contribution in [2.24, 2.45) is 0 Å². The van der Waals surface area contributed by atoms with Crippen LogP contribution in [-0.4, -0.2) is 25.2 Å². The molecule has 0 aliphatic carbocycles. The number of hydrogen-bond donors (Lipinski definition) is 0. The SMILES string of the molecule is COc1ccc2nc(-c3ccc(N4CCCCCCC4)cc3)sc2c1. The molecule has 1 saturated heterocycles. The van der Waals surface area contributed by atoms with Crippen LogP contribution in [0.25, 0.3) is 20.8 Å². The molecular formula is C21H24N2OS. The summed E-state index contributed by atoms with van der Waals surface area (Å²) in [5.74, 6) is 0.884. The molecular weight excluding hydrogens is 328 g/mol. The molecule has 1 aliphatic rings. The Morgan fingerprint density at radius 3 is 2.36 bits per heavy atom. The Hall–Kier alpha value is -2.07. The number of methoxy groups -OCH3 is 1. The highest BCUT2D eigenvalue weighted by molar-refractivity contribution is 7.21. The molecule has 1 fully saturated rings. The molecule has 0 unspecified atom stereocenters. The summed E-state index contributed by atoms with van der Waals surface area (Å²) < 4.78 is 6.48. The van der Waals surface area contributed by atoms with Gasteiger partial charge in [0.15, 0.2) is 0 Å². The highest BCUT2D eigenvalue weighted by Crippen LogP contribution is 2.33. The molecule has 2 aromatic carbocycles. The third kappa shape index (κ3) is 3.64. The van der Waals surface area contributed by atoms with Gasteiger partial charge in [-0.2, -0.15) is 0 Å². The number of fused-ring (bicyclic) bond motifs is 1. The first-order valence-corrected chi connectivity index (χ1v) is 9.95.